The number of nitrogen functional groups attached to an aromatic ring is 1. The van der Waals surface area contributed by atoms with Crippen molar-refractivity contribution in [3.8, 4) is 5.75 Å². The second kappa shape index (κ2) is 5.63. The average molecular weight is 277 g/mol. The van der Waals surface area contributed by atoms with Crippen LogP contribution in [0.3, 0.4) is 0 Å². The van der Waals surface area contributed by atoms with Gasteiger partial charge in [-0.15, -0.1) is 0 Å². The van der Waals surface area contributed by atoms with E-state index in [0.717, 1.165) is 5.56 Å². The Morgan fingerprint density at radius 2 is 2.00 bits per heavy atom. The second-order valence-corrected chi connectivity index (χ2v) is 4.47. The van der Waals surface area contributed by atoms with E-state index in [1.165, 1.54) is 6.07 Å². The van der Waals surface area contributed by atoms with Crippen molar-refractivity contribution in [3.05, 3.63) is 58.6 Å². The monoisotopic (exact) mass is 276 g/mol. The molecule has 2 rings (SSSR count). The molecule has 19 heavy (non-hydrogen) atoms. The summed E-state index contributed by atoms with van der Waals surface area (Å²) in [6.45, 7) is 0.348. The summed E-state index contributed by atoms with van der Waals surface area (Å²) in [6, 6.07) is 12.1. The van der Waals surface area contributed by atoms with Gasteiger partial charge in [0.15, 0.2) is 0 Å². The number of hydrogen-bond donors (Lipinski definition) is 2. The van der Waals surface area contributed by atoms with E-state index in [9.17, 15) is 4.79 Å². The molecule has 2 aromatic rings. The average Bonchev–Trinajstić information content (AvgIpc) is 2.37. The number of rotatable bonds is 4. The van der Waals surface area contributed by atoms with Gasteiger partial charge in [0.2, 0.25) is 5.91 Å². The number of hydrogen-bond acceptors (Lipinski definition) is 3. The fraction of sp³-hybridized carbons (Fsp3) is 0.0714. The molecule has 0 aliphatic carbocycles. The van der Waals surface area contributed by atoms with Gasteiger partial charge in [-0.25, -0.2) is 0 Å². The molecule has 0 saturated carbocycles. The van der Waals surface area contributed by atoms with Gasteiger partial charge in [-0.2, -0.15) is 0 Å². The van der Waals surface area contributed by atoms with Crippen LogP contribution >= 0.6 is 11.6 Å². The summed E-state index contributed by atoms with van der Waals surface area (Å²) in [6.07, 6.45) is 0. The van der Waals surface area contributed by atoms with Gasteiger partial charge >= 0.3 is 0 Å². The number of anilines is 1. The summed E-state index contributed by atoms with van der Waals surface area (Å²) in [5.41, 5.74) is 12.6. The largest absolute Gasteiger partial charge is 0.487 e. The van der Waals surface area contributed by atoms with Gasteiger partial charge in [0.1, 0.15) is 12.4 Å². The molecule has 0 bridgehead atoms. The smallest absolute Gasteiger partial charge is 0.248 e. The third-order valence-electron chi connectivity index (χ3n) is 2.58. The van der Waals surface area contributed by atoms with E-state index in [1.807, 2.05) is 18.2 Å². The molecule has 0 spiro atoms. The van der Waals surface area contributed by atoms with E-state index in [1.54, 1.807) is 18.2 Å². The van der Waals surface area contributed by atoms with Gasteiger partial charge in [-0.1, -0.05) is 23.7 Å². The summed E-state index contributed by atoms with van der Waals surface area (Å²) in [7, 11) is 0. The van der Waals surface area contributed by atoms with Gasteiger partial charge in [0.25, 0.3) is 0 Å². The lowest BCUT2D eigenvalue weighted by atomic mass is 10.2. The van der Waals surface area contributed by atoms with Gasteiger partial charge < -0.3 is 16.2 Å². The number of primary amides is 1. The van der Waals surface area contributed by atoms with Crippen LogP contribution in [0.25, 0.3) is 0 Å². The van der Waals surface area contributed by atoms with Crippen LogP contribution in [0.15, 0.2) is 42.5 Å². The molecule has 0 aliphatic rings. The zero-order valence-electron chi connectivity index (χ0n) is 10.1. The second-order valence-electron chi connectivity index (χ2n) is 4.04. The first-order valence-electron chi connectivity index (χ1n) is 5.63. The molecule has 98 valence electrons. The summed E-state index contributed by atoms with van der Waals surface area (Å²) in [5, 5.41) is 0.651. The van der Waals surface area contributed by atoms with E-state index in [0.29, 0.717) is 28.6 Å². The Bertz CT molecular complexity index is 614. The Morgan fingerprint density at radius 3 is 2.63 bits per heavy atom. The minimum Gasteiger partial charge on any atom is -0.487 e. The Kier molecular flexibility index (Phi) is 3.92. The van der Waals surface area contributed by atoms with Gasteiger partial charge in [-0.3, -0.25) is 4.79 Å². The van der Waals surface area contributed by atoms with Crippen molar-refractivity contribution in [1.29, 1.82) is 0 Å². The molecule has 1 amide bonds. The Hall–Kier alpha value is -2.20. The highest BCUT2D eigenvalue weighted by Gasteiger charge is 2.06. The summed E-state index contributed by atoms with van der Waals surface area (Å²) < 4.78 is 5.58. The Balaban J connectivity index is 2.10. The highest BCUT2D eigenvalue weighted by Crippen LogP contribution is 2.23. The normalized spacial score (nSPS) is 10.2. The molecule has 0 aromatic heterocycles. The minimum atomic E-state index is -0.520. The predicted octanol–water partition coefficient (Wildman–Crippen LogP) is 2.60. The molecule has 0 atom stereocenters. The molecular weight excluding hydrogens is 264 g/mol. The van der Waals surface area contributed by atoms with E-state index >= 15 is 0 Å². The zero-order valence-corrected chi connectivity index (χ0v) is 10.9. The number of carbonyl (C=O) groups is 1. The highest BCUT2D eigenvalue weighted by molar-refractivity contribution is 6.30. The van der Waals surface area contributed by atoms with Gasteiger partial charge in [0, 0.05) is 10.6 Å². The molecule has 0 heterocycles. The zero-order chi connectivity index (χ0) is 13.8. The van der Waals surface area contributed by atoms with Crippen molar-refractivity contribution >= 4 is 23.2 Å². The molecule has 0 saturated heterocycles. The van der Waals surface area contributed by atoms with Gasteiger partial charge in [-0.05, 0) is 35.9 Å². The first-order chi connectivity index (χ1) is 9.06. The molecule has 0 aliphatic heterocycles. The van der Waals surface area contributed by atoms with Crippen LogP contribution in [0.2, 0.25) is 5.02 Å². The van der Waals surface area contributed by atoms with Crippen molar-refractivity contribution in [2.24, 2.45) is 5.73 Å². The molecular formula is C14H13ClN2O2. The topological polar surface area (TPSA) is 78.3 Å². The van der Waals surface area contributed by atoms with Crippen molar-refractivity contribution < 1.29 is 9.53 Å². The van der Waals surface area contributed by atoms with E-state index < -0.39 is 5.91 Å². The first kappa shape index (κ1) is 13.2. The maximum atomic E-state index is 11.0. The Labute approximate surface area is 115 Å². The van der Waals surface area contributed by atoms with Crippen LogP contribution in [0.4, 0.5) is 5.69 Å². The van der Waals surface area contributed by atoms with E-state index in [4.69, 9.17) is 27.8 Å². The standard InChI is InChI=1S/C14H13ClN2O2/c15-11-3-1-2-9(6-11)8-19-13-5-4-10(14(17)18)7-12(13)16/h1-7H,8,16H2,(H2,17,18). The minimum absolute atomic E-state index is 0.348. The maximum absolute atomic E-state index is 11.0. The van der Waals surface area contributed by atoms with E-state index in [-0.39, 0.29) is 0 Å². The quantitative estimate of drug-likeness (QED) is 0.843. The molecule has 4 N–H and O–H groups in total. The molecule has 0 radical (unpaired) electrons. The fourth-order valence-corrected chi connectivity index (χ4v) is 1.83. The third kappa shape index (κ3) is 3.39. The van der Waals surface area contributed by atoms with Gasteiger partial charge in [0.05, 0.1) is 5.69 Å². The van der Waals surface area contributed by atoms with Crippen molar-refractivity contribution in [1.82, 2.24) is 0 Å². The number of ether oxygens (including phenoxy) is 1. The maximum Gasteiger partial charge on any atom is 0.248 e. The molecule has 0 fully saturated rings. The van der Waals surface area contributed by atoms with Crippen LogP contribution in [0.1, 0.15) is 15.9 Å². The lowest BCUT2D eigenvalue weighted by Crippen LogP contribution is -2.11. The van der Waals surface area contributed by atoms with Crippen LogP contribution in [-0.2, 0) is 6.61 Å². The number of amides is 1. The highest BCUT2D eigenvalue weighted by atomic mass is 35.5. The summed E-state index contributed by atoms with van der Waals surface area (Å²) >= 11 is 5.88. The summed E-state index contributed by atoms with van der Waals surface area (Å²) in [4.78, 5) is 11.0. The van der Waals surface area contributed by atoms with Crippen LogP contribution in [0.5, 0.6) is 5.75 Å². The fourth-order valence-electron chi connectivity index (χ4n) is 1.62. The number of halogens is 1. The van der Waals surface area contributed by atoms with Crippen molar-refractivity contribution in [3.63, 3.8) is 0 Å². The van der Waals surface area contributed by atoms with Crippen molar-refractivity contribution in [2.45, 2.75) is 6.61 Å². The number of benzene rings is 2. The molecule has 2 aromatic carbocycles. The van der Waals surface area contributed by atoms with E-state index in [2.05, 4.69) is 0 Å². The molecule has 0 unspecified atom stereocenters. The predicted molar refractivity (Wildman–Crippen MR) is 75.2 cm³/mol. The Morgan fingerprint density at radius 1 is 1.21 bits per heavy atom. The lowest BCUT2D eigenvalue weighted by Gasteiger charge is -2.10. The molecule has 5 heteroatoms. The molecule has 4 nitrogen and oxygen atoms in total. The third-order valence-corrected chi connectivity index (χ3v) is 2.81. The first-order valence-corrected chi connectivity index (χ1v) is 6.00. The van der Waals surface area contributed by atoms with Crippen LogP contribution in [-0.4, -0.2) is 5.91 Å². The number of nitrogens with two attached hydrogens (primary N) is 2. The SMILES string of the molecule is NC(=O)c1ccc(OCc2cccc(Cl)c2)c(N)c1. The summed E-state index contributed by atoms with van der Waals surface area (Å²) in [5.74, 6) is -0.0157. The lowest BCUT2D eigenvalue weighted by molar-refractivity contribution is 0.100. The van der Waals surface area contributed by atoms with Crippen LogP contribution in [0, 0.1) is 0 Å². The van der Waals surface area contributed by atoms with Crippen molar-refractivity contribution in [2.75, 3.05) is 5.73 Å². The van der Waals surface area contributed by atoms with Crippen LogP contribution < -0.4 is 16.2 Å². The number of carbonyl (C=O) groups excluding carboxylic acids is 1.